The average Bonchev–Trinajstić information content (AvgIpc) is 3.24. The van der Waals surface area contributed by atoms with Gasteiger partial charge in [0.25, 0.3) is 5.91 Å². The van der Waals surface area contributed by atoms with E-state index in [4.69, 9.17) is 9.47 Å². The van der Waals surface area contributed by atoms with Gasteiger partial charge in [0.1, 0.15) is 17.4 Å². The highest BCUT2D eigenvalue weighted by molar-refractivity contribution is 5.92. The number of carboxylic acid groups (broad SMARTS) is 1. The molecule has 168 valence electrons. The number of hydrogen-bond acceptors (Lipinski definition) is 4. The van der Waals surface area contributed by atoms with Gasteiger partial charge in [-0.15, -0.1) is 0 Å². The van der Waals surface area contributed by atoms with Gasteiger partial charge in [0, 0.05) is 19.7 Å². The van der Waals surface area contributed by atoms with Crippen LogP contribution in [0.1, 0.15) is 53.9 Å². The highest BCUT2D eigenvalue weighted by Gasteiger charge is 2.55. The minimum atomic E-state index is -0.996. The van der Waals surface area contributed by atoms with E-state index in [-0.39, 0.29) is 17.6 Å². The molecule has 1 spiro atoms. The van der Waals surface area contributed by atoms with E-state index in [1.165, 1.54) is 19.1 Å². The predicted molar refractivity (Wildman–Crippen MR) is 120 cm³/mol. The predicted octanol–water partition coefficient (Wildman–Crippen LogP) is 4.34. The third-order valence-electron chi connectivity index (χ3n) is 7.54. The Morgan fingerprint density at radius 3 is 2.44 bits per heavy atom. The molecule has 32 heavy (non-hydrogen) atoms. The fraction of sp³-hybridized carbons (Fsp3) is 0.462. The van der Waals surface area contributed by atoms with Crippen molar-refractivity contribution in [2.24, 2.45) is 5.41 Å². The van der Waals surface area contributed by atoms with Crippen LogP contribution < -0.4 is 4.74 Å². The summed E-state index contributed by atoms with van der Waals surface area (Å²) < 4.78 is 10.7. The van der Waals surface area contributed by atoms with Gasteiger partial charge >= 0.3 is 5.97 Å². The van der Waals surface area contributed by atoms with Crippen molar-refractivity contribution >= 4 is 11.9 Å². The number of carbonyl (C=O) groups excluding carboxylic acids is 1. The Bertz CT molecular complexity index is 1020. The lowest BCUT2D eigenvalue weighted by molar-refractivity contribution is -0.142. The maximum Gasteiger partial charge on any atom is 0.339 e. The maximum absolute atomic E-state index is 12.6. The summed E-state index contributed by atoms with van der Waals surface area (Å²) in [4.78, 5) is 26.1. The van der Waals surface area contributed by atoms with Crippen LogP contribution in [0.15, 0.2) is 42.5 Å². The number of likely N-dealkylation sites (tertiary alicyclic amines) is 1. The number of rotatable bonds is 5. The molecule has 3 aliphatic rings. The molecule has 0 aromatic heterocycles. The molecular formula is C26H29NO5. The summed E-state index contributed by atoms with van der Waals surface area (Å²) in [7, 11) is 1.48. The number of aromatic carboxylic acids is 1. The van der Waals surface area contributed by atoms with E-state index in [1.54, 1.807) is 12.1 Å². The first-order valence-electron chi connectivity index (χ1n) is 11.4. The summed E-state index contributed by atoms with van der Waals surface area (Å²) in [5.74, 6) is 0.0905. The topological polar surface area (TPSA) is 76.1 Å². The van der Waals surface area contributed by atoms with Crippen LogP contribution in [0.2, 0.25) is 0 Å². The number of amides is 1. The van der Waals surface area contributed by atoms with Gasteiger partial charge in [0.15, 0.2) is 0 Å². The average molecular weight is 436 g/mol. The van der Waals surface area contributed by atoms with Gasteiger partial charge in [0.05, 0.1) is 7.11 Å². The Morgan fingerprint density at radius 2 is 1.81 bits per heavy atom. The number of carbonyl (C=O) groups is 2. The number of nitrogens with zero attached hydrogens (tertiary/aromatic N) is 1. The second kappa shape index (κ2) is 8.24. The minimum absolute atomic E-state index is 0.166. The first-order valence-corrected chi connectivity index (χ1v) is 11.4. The molecule has 2 aromatic carbocycles. The molecular weight excluding hydrogens is 406 g/mol. The van der Waals surface area contributed by atoms with Crippen LogP contribution in [0.5, 0.6) is 5.75 Å². The number of piperidine rings is 1. The fourth-order valence-corrected chi connectivity index (χ4v) is 5.48. The van der Waals surface area contributed by atoms with E-state index in [9.17, 15) is 14.7 Å². The van der Waals surface area contributed by atoms with E-state index >= 15 is 0 Å². The van der Waals surface area contributed by atoms with E-state index < -0.39 is 5.97 Å². The molecule has 0 radical (unpaired) electrons. The Morgan fingerprint density at radius 1 is 1.09 bits per heavy atom. The van der Waals surface area contributed by atoms with Crippen LogP contribution in [0, 0.1) is 5.41 Å². The quantitative estimate of drug-likeness (QED) is 0.756. The van der Waals surface area contributed by atoms with Gasteiger partial charge in [-0.1, -0.05) is 30.3 Å². The number of benzene rings is 2. The summed E-state index contributed by atoms with van der Waals surface area (Å²) in [6.45, 7) is 2.37. The van der Waals surface area contributed by atoms with Crippen LogP contribution in [-0.4, -0.2) is 54.8 Å². The zero-order chi connectivity index (χ0) is 22.3. The number of carboxylic acids is 1. The molecule has 3 fully saturated rings. The Labute approximate surface area is 188 Å². The molecule has 1 N–H and O–H groups in total. The molecule has 2 aliphatic heterocycles. The van der Waals surface area contributed by atoms with Gasteiger partial charge in [-0.3, -0.25) is 4.79 Å². The summed E-state index contributed by atoms with van der Waals surface area (Å²) >= 11 is 0. The third kappa shape index (κ3) is 3.77. The third-order valence-corrected chi connectivity index (χ3v) is 7.54. The van der Waals surface area contributed by atoms with Crippen molar-refractivity contribution in [2.75, 3.05) is 26.8 Å². The van der Waals surface area contributed by atoms with E-state index in [0.717, 1.165) is 49.9 Å². The Balaban J connectivity index is 1.24. The monoisotopic (exact) mass is 435 g/mol. The largest absolute Gasteiger partial charge is 0.496 e. The van der Waals surface area contributed by atoms with Crippen molar-refractivity contribution in [3.8, 4) is 16.9 Å². The highest BCUT2D eigenvalue weighted by Crippen LogP contribution is 2.65. The van der Waals surface area contributed by atoms with Gasteiger partial charge in [-0.05, 0) is 72.3 Å². The summed E-state index contributed by atoms with van der Waals surface area (Å²) in [6.07, 6.45) is 4.92. The highest BCUT2D eigenvalue weighted by atomic mass is 16.5. The molecule has 0 unspecified atom stereocenters. The molecule has 2 heterocycles. The van der Waals surface area contributed by atoms with E-state index in [0.29, 0.717) is 23.7 Å². The standard InChI is InChI=1S/C26H29NO5/c1-31-22-9-8-19(15-20(22)25(29)30)17-4-6-18(7-5-17)21-16-26(21)10-12-27(13-11-26)24(28)23-3-2-14-32-23/h4-9,15,21,23H,2-3,10-14,16H2,1H3,(H,29,30)/t21-,23+/m0/s1. The van der Waals surface area contributed by atoms with Gasteiger partial charge in [-0.25, -0.2) is 4.79 Å². The lowest BCUT2D eigenvalue weighted by Gasteiger charge is -2.34. The van der Waals surface area contributed by atoms with E-state index in [1.807, 2.05) is 11.0 Å². The van der Waals surface area contributed by atoms with Crippen LogP contribution in [-0.2, 0) is 9.53 Å². The van der Waals surface area contributed by atoms with Crippen LogP contribution >= 0.6 is 0 Å². The molecule has 1 saturated carbocycles. The van der Waals surface area contributed by atoms with Crippen molar-refractivity contribution in [1.29, 1.82) is 0 Å². The molecule has 2 atom stereocenters. The smallest absolute Gasteiger partial charge is 0.339 e. The molecule has 0 bridgehead atoms. The van der Waals surface area contributed by atoms with Crippen molar-refractivity contribution in [3.63, 3.8) is 0 Å². The maximum atomic E-state index is 12.6. The molecule has 2 saturated heterocycles. The van der Waals surface area contributed by atoms with Crippen molar-refractivity contribution in [1.82, 2.24) is 4.90 Å². The second-order valence-electron chi connectivity index (χ2n) is 9.29. The number of ether oxygens (including phenoxy) is 2. The first kappa shape index (κ1) is 21.0. The molecule has 1 amide bonds. The van der Waals surface area contributed by atoms with E-state index in [2.05, 4.69) is 24.3 Å². The molecule has 5 rings (SSSR count). The Kier molecular flexibility index (Phi) is 5.41. The first-order chi connectivity index (χ1) is 15.5. The van der Waals surface area contributed by atoms with Gasteiger partial charge < -0.3 is 19.5 Å². The lowest BCUT2D eigenvalue weighted by atomic mass is 9.88. The number of hydrogen-bond donors (Lipinski definition) is 1. The summed E-state index contributed by atoms with van der Waals surface area (Å²) in [6, 6.07) is 13.7. The van der Waals surface area contributed by atoms with Crippen molar-refractivity contribution in [3.05, 3.63) is 53.6 Å². The molecule has 6 nitrogen and oxygen atoms in total. The van der Waals surface area contributed by atoms with Crippen molar-refractivity contribution < 1.29 is 24.2 Å². The SMILES string of the molecule is COc1ccc(-c2ccc([C@@H]3CC34CCN(C(=O)[C@H]3CCCO3)CC4)cc2)cc1C(=O)O. The molecule has 2 aromatic rings. The summed E-state index contributed by atoms with van der Waals surface area (Å²) in [5.41, 5.74) is 3.68. The fourth-order valence-electron chi connectivity index (χ4n) is 5.48. The number of methoxy groups -OCH3 is 1. The van der Waals surface area contributed by atoms with Crippen LogP contribution in [0.4, 0.5) is 0 Å². The normalized spacial score (nSPS) is 23.8. The zero-order valence-corrected chi connectivity index (χ0v) is 18.4. The van der Waals surface area contributed by atoms with Crippen LogP contribution in [0.3, 0.4) is 0 Å². The molecule has 6 heteroatoms. The van der Waals surface area contributed by atoms with Crippen LogP contribution in [0.25, 0.3) is 11.1 Å². The van der Waals surface area contributed by atoms with Gasteiger partial charge in [-0.2, -0.15) is 0 Å². The Hall–Kier alpha value is -2.86. The summed E-state index contributed by atoms with van der Waals surface area (Å²) in [5, 5.41) is 9.44. The second-order valence-corrected chi connectivity index (χ2v) is 9.29. The zero-order valence-electron chi connectivity index (χ0n) is 18.4. The lowest BCUT2D eigenvalue weighted by Crippen LogP contribution is -2.44. The minimum Gasteiger partial charge on any atom is -0.496 e. The van der Waals surface area contributed by atoms with Crippen molar-refractivity contribution in [2.45, 2.75) is 44.1 Å². The van der Waals surface area contributed by atoms with Gasteiger partial charge in [0.2, 0.25) is 0 Å². The molecule has 1 aliphatic carbocycles.